The zero-order valence-electron chi connectivity index (χ0n) is 7.08. The Morgan fingerprint density at radius 1 is 1.67 bits per heavy atom. The number of fused-ring (bicyclic) bond motifs is 2. The average Bonchev–Trinajstić information content (AvgIpc) is 2.41. The molecule has 0 radical (unpaired) electrons. The van der Waals surface area contributed by atoms with Crippen LogP contribution in [0.4, 0.5) is 0 Å². The molecule has 0 aromatic rings. The number of carbonyl (C=O) groups is 1. The first-order valence-corrected chi connectivity index (χ1v) is 4.53. The van der Waals surface area contributed by atoms with E-state index in [9.17, 15) is 4.79 Å². The van der Waals surface area contributed by atoms with Crippen molar-refractivity contribution in [3.05, 3.63) is 12.2 Å². The van der Waals surface area contributed by atoms with Gasteiger partial charge in [0.25, 0.3) is 0 Å². The Morgan fingerprint density at radius 2 is 2.33 bits per heavy atom. The van der Waals surface area contributed by atoms with Gasteiger partial charge in [0.05, 0.1) is 6.10 Å². The van der Waals surface area contributed by atoms with Gasteiger partial charge in [0, 0.05) is 5.92 Å². The van der Waals surface area contributed by atoms with Crippen molar-refractivity contribution in [1.29, 1.82) is 0 Å². The molecular weight excluding hydrogens is 176 g/mol. The molecule has 0 amide bonds. The van der Waals surface area contributed by atoms with Crippen molar-refractivity contribution in [3.8, 4) is 0 Å². The van der Waals surface area contributed by atoms with Crippen molar-refractivity contribution >= 4 is 17.4 Å². The van der Waals surface area contributed by atoms with Crippen LogP contribution in [0.25, 0.3) is 0 Å². The highest BCUT2D eigenvalue weighted by Crippen LogP contribution is 2.39. The average molecular weight is 187 g/mol. The van der Waals surface area contributed by atoms with Crippen LogP contribution in [-0.2, 0) is 9.53 Å². The van der Waals surface area contributed by atoms with Crippen LogP contribution in [-0.4, -0.2) is 22.9 Å². The van der Waals surface area contributed by atoms with Gasteiger partial charge in [0.1, 0.15) is 11.0 Å². The second kappa shape index (κ2) is 2.33. The molecule has 0 spiro atoms. The lowest BCUT2D eigenvalue weighted by Crippen LogP contribution is -2.50. The molecule has 2 aliphatic rings. The van der Waals surface area contributed by atoms with Crippen molar-refractivity contribution in [3.63, 3.8) is 0 Å². The van der Waals surface area contributed by atoms with E-state index in [4.69, 9.17) is 16.3 Å². The van der Waals surface area contributed by atoms with Crippen LogP contribution in [0.2, 0.25) is 0 Å². The van der Waals surface area contributed by atoms with Crippen LogP contribution in [0, 0.1) is 5.92 Å². The molecular formula is C9H11ClO2. The van der Waals surface area contributed by atoms with Crippen molar-refractivity contribution in [2.75, 3.05) is 0 Å². The molecule has 4 atom stereocenters. The summed E-state index contributed by atoms with van der Waals surface area (Å²) in [6, 6.07) is 0. The zero-order valence-corrected chi connectivity index (χ0v) is 7.84. The highest BCUT2D eigenvalue weighted by Gasteiger charge is 2.50. The number of ketones is 1. The number of rotatable bonds is 0. The van der Waals surface area contributed by atoms with Crippen molar-refractivity contribution in [1.82, 2.24) is 0 Å². The predicted molar refractivity (Wildman–Crippen MR) is 46.2 cm³/mol. The minimum Gasteiger partial charge on any atom is -0.361 e. The fraction of sp³-hybridized carbons (Fsp3) is 0.667. The van der Waals surface area contributed by atoms with E-state index in [0.717, 1.165) is 0 Å². The van der Waals surface area contributed by atoms with E-state index >= 15 is 0 Å². The Hall–Kier alpha value is -0.340. The summed E-state index contributed by atoms with van der Waals surface area (Å²) in [6.07, 6.45) is 3.78. The first kappa shape index (κ1) is 8.27. The summed E-state index contributed by atoms with van der Waals surface area (Å²) in [5.41, 5.74) is -0.560. The molecule has 1 saturated heterocycles. The zero-order chi connectivity index (χ0) is 8.93. The maximum Gasteiger partial charge on any atom is 0.159 e. The molecule has 2 heterocycles. The number of hydrogen-bond donors (Lipinski definition) is 0. The van der Waals surface area contributed by atoms with Crippen LogP contribution in [0.3, 0.4) is 0 Å². The molecule has 1 unspecified atom stereocenters. The van der Waals surface area contributed by atoms with Crippen LogP contribution < -0.4 is 0 Å². The van der Waals surface area contributed by atoms with Gasteiger partial charge in [0.2, 0.25) is 0 Å². The minimum absolute atomic E-state index is 0.0579. The number of alkyl halides is 1. The molecule has 2 nitrogen and oxygen atoms in total. The lowest BCUT2D eigenvalue weighted by atomic mass is 9.90. The molecule has 3 heteroatoms. The third kappa shape index (κ3) is 0.882. The van der Waals surface area contributed by atoms with Gasteiger partial charge in [0.15, 0.2) is 5.78 Å². The molecule has 0 saturated carbocycles. The Balaban J connectivity index is 2.38. The molecule has 1 fully saturated rings. The fourth-order valence-electron chi connectivity index (χ4n) is 1.75. The predicted octanol–water partition coefficient (Wildman–Crippen LogP) is 1.53. The van der Waals surface area contributed by atoms with E-state index in [1.807, 2.05) is 26.0 Å². The van der Waals surface area contributed by atoms with Crippen molar-refractivity contribution in [2.24, 2.45) is 5.92 Å². The van der Waals surface area contributed by atoms with Gasteiger partial charge in [-0.15, -0.1) is 11.6 Å². The smallest absolute Gasteiger partial charge is 0.159 e. The van der Waals surface area contributed by atoms with Gasteiger partial charge in [-0.2, -0.15) is 0 Å². The SMILES string of the molecule is C[C@H]1C(=O)[C@@H](Cl)C2(C)C=C[C@@H]1O2. The Morgan fingerprint density at radius 3 is 3.00 bits per heavy atom. The summed E-state index contributed by atoms with van der Waals surface area (Å²) >= 11 is 5.97. The summed E-state index contributed by atoms with van der Waals surface area (Å²) in [5, 5.41) is -0.525. The van der Waals surface area contributed by atoms with Crippen molar-refractivity contribution in [2.45, 2.75) is 30.9 Å². The molecule has 2 rings (SSSR count). The molecule has 0 N–H and O–H groups in total. The quantitative estimate of drug-likeness (QED) is 0.424. The number of ether oxygens (including phenoxy) is 1. The highest BCUT2D eigenvalue weighted by molar-refractivity contribution is 6.32. The van der Waals surface area contributed by atoms with Gasteiger partial charge in [-0.05, 0) is 6.92 Å². The third-order valence-electron chi connectivity index (χ3n) is 2.70. The molecule has 0 aromatic heterocycles. The van der Waals surface area contributed by atoms with Crippen LogP contribution >= 0.6 is 11.6 Å². The number of Topliss-reactive ketones (excluding diaryl/α,β-unsaturated/α-hetero) is 1. The normalized spacial score (nSPS) is 51.6. The molecule has 66 valence electrons. The summed E-state index contributed by atoms with van der Waals surface area (Å²) in [4.78, 5) is 11.5. The van der Waals surface area contributed by atoms with Gasteiger partial charge < -0.3 is 4.74 Å². The van der Waals surface area contributed by atoms with E-state index in [0.29, 0.717) is 0 Å². The number of hydrogen-bond acceptors (Lipinski definition) is 2. The molecule has 2 bridgehead atoms. The van der Waals surface area contributed by atoms with Gasteiger partial charge in [-0.3, -0.25) is 4.79 Å². The third-order valence-corrected chi connectivity index (χ3v) is 3.35. The van der Waals surface area contributed by atoms with E-state index in [1.54, 1.807) is 0 Å². The molecule has 2 aliphatic heterocycles. The first-order valence-electron chi connectivity index (χ1n) is 4.09. The van der Waals surface area contributed by atoms with E-state index in [-0.39, 0.29) is 17.8 Å². The summed E-state index contributed by atoms with van der Waals surface area (Å²) in [5.74, 6) is -0.000239. The van der Waals surface area contributed by atoms with Crippen LogP contribution in [0.1, 0.15) is 13.8 Å². The minimum atomic E-state index is -0.560. The summed E-state index contributed by atoms with van der Waals surface area (Å²) in [6.45, 7) is 3.71. The maximum atomic E-state index is 11.5. The van der Waals surface area contributed by atoms with E-state index < -0.39 is 11.0 Å². The Labute approximate surface area is 76.5 Å². The molecule has 12 heavy (non-hydrogen) atoms. The van der Waals surface area contributed by atoms with E-state index in [1.165, 1.54) is 0 Å². The highest BCUT2D eigenvalue weighted by atomic mass is 35.5. The first-order chi connectivity index (χ1) is 5.54. The van der Waals surface area contributed by atoms with Gasteiger partial charge >= 0.3 is 0 Å². The van der Waals surface area contributed by atoms with Gasteiger partial charge in [-0.1, -0.05) is 19.1 Å². The standard InChI is InChI=1S/C9H11ClO2/c1-5-6-3-4-9(2,12-6)8(10)7(5)11/h3-6,8H,1-2H3/t5-,6+,8-,9?/m1/s1. The number of halogens is 1. The number of carbonyl (C=O) groups excluding carboxylic acids is 1. The second-order valence-electron chi connectivity index (χ2n) is 3.68. The molecule has 0 aliphatic carbocycles. The van der Waals surface area contributed by atoms with Crippen molar-refractivity contribution < 1.29 is 9.53 Å². The Bertz CT molecular complexity index is 261. The Kier molecular flexibility index (Phi) is 1.61. The second-order valence-corrected chi connectivity index (χ2v) is 4.12. The summed E-state index contributed by atoms with van der Waals surface area (Å²) < 4.78 is 5.62. The van der Waals surface area contributed by atoms with Crippen LogP contribution in [0.15, 0.2) is 12.2 Å². The largest absolute Gasteiger partial charge is 0.361 e. The monoisotopic (exact) mass is 186 g/mol. The van der Waals surface area contributed by atoms with Gasteiger partial charge in [-0.25, -0.2) is 0 Å². The van der Waals surface area contributed by atoms with E-state index in [2.05, 4.69) is 0 Å². The lowest BCUT2D eigenvalue weighted by molar-refractivity contribution is -0.142. The maximum absolute atomic E-state index is 11.5. The molecule has 0 aromatic carbocycles. The van der Waals surface area contributed by atoms with Crippen LogP contribution in [0.5, 0.6) is 0 Å². The lowest BCUT2D eigenvalue weighted by Gasteiger charge is -2.36. The summed E-state index contributed by atoms with van der Waals surface area (Å²) in [7, 11) is 0. The topological polar surface area (TPSA) is 26.3 Å². The fourth-order valence-corrected chi connectivity index (χ4v) is 2.07.